The maximum Gasteiger partial charge on any atom is 0.335 e. The van der Waals surface area contributed by atoms with Crippen LogP contribution in [-0.2, 0) is 14.3 Å². The predicted octanol–water partition coefficient (Wildman–Crippen LogP) is 5.63. The number of unbranched alkanes of at least 4 members (excludes halogenated alkanes) is 11. The molecule has 0 aliphatic carbocycles. The molecule has 0 rings (SSSR count). The van der Waals surface area contributed by atoms with Crippen LogP contribution in [0.25, 0.3) is 0 Å². The second-order valence-corrected chi connectivity index (χ2v) is 7.64. The minimum absolute atomic E-state index is 0.189. The average Bonchev–Trinajstić information content (AvgIpc) is 2.62. The van der Waals surface area contributed by atoms with Crippen LogP contribution < -0.4 is 0 Å². The lowest BCUT2D eigenvalue weighted by atomic mass is 10.0. The van der Waals surface area contributed by atoms with E-state index in [9.17, 15) is 14.7 Å². The summed E-state index contributed by atoms with van der Waals surface area (Å²) in [7, 11) is 0. The van der Waals surface area contributed by atoms with Crippen LogP contribution in [0.15, 0.2) is 0 Å². The number of aliphatic carboxylic acids is 1. The van der Waals surface area contributed by atoms with Crippen molar-refractivity contribution in [1.82, 2.24) is 0 Å². The number of carboxylic acids is 1. The van der Waals surface area contributed by atoms with Crippen LogP contribution in [-0.4, -0.2) is 34.4 Å². The van der Waals surface area contributed by atoms with E-state index in [0.29, 0.717) is 12.8 Å². The minimum atomic E-state index is -1.14. The van der Waals surface area contributed by atoms with E-state index in [2.05, 4.69) is 13.8 Å². The molecule has 0 aromatic carbocycles. The van der Waals surface area contributed by atoms with Gasteiger partial charge in [-0.05, 0) is 19.3 Å². The molecule has 27 heavy (non-hydrogen) atoms. The van der Waals surface area contributed by atoms with E-state index in [0.717, 1.165) is 38.5 Å². The van der Waals surface area contributed by atoms with Crippen molar-refractivity contribution in [1.29, 1.82) is 0 Å². The Hall–Kier alpha value is -1.10. The summed E-state index contributed by atoms with van der Waals surface area (Å²) >= 11 is 0. The van der Waals surface area contributed by atoms with Crippen molar-refractivity contribution in [2.24, 2.45) is 0 Å². The van der Waals surface area contributed by atoms with Gasteiger partial charge in [0, 0.05) is 0 Å². The fourth-order valence-electron chi connectivity index (χ4n) is 3.21. The highest BCUT2D eigenvalue weighted by Crippen LogP contribution is 2.15. The summed E-state index contributed by atoms with van der Waals surface area (Å²) < 4.78 is 5.29. The molecule has 0 fully saturated rings. The molecule has 0 spiro atoms. The first-order valence-corrected chi connectivity index (χ1v) is 11.1. The van der Waals surface area contributed by atoms with Crippen molar-refractivity contribution in [3.05, 3.63) is 0 Å². The molecule has 0 saturated carbocycles. The van der Waals surface area contributed by atoms with Gasteiger partial charge in [0.25, 0.3) is 0 Å². The van der Waals surface area contributed by atoms with E-state index in [4.69, 9.17) is 9.84 Å². The molecule has 0 aliphatic rings. The van der Waals surface area contributed by atoms with Gasteiger partial charge >= 0.3 is 11.9 Å². The zero-order valence-electron chi connectivity index (χ0n) is 17.6. The van der Waals surface area contributed by atoms with Crippen LogP contribution in [0, 0.1) is 0 Å². The van der Waals surface area contributed by atoms with Gasteiger partial charge in [-0.2, -0.15) is 0 Å². The summed E-state index contributed by atoms with van der Waals surface area (Å²) in [5, 5.41) is 19.0. The van der Waals surface area contributed by atoms with Gasteiger partial charge in [-0.1, -0.05) is 90.9 Å². The summed E-state index contributed by atoms with van der Waals surface area (Å²) in [5.41, 5.74) is 0. The van der Waals surface area contributed by atoms with Gasteiger partial charge < -0.3 is 14.9 Å². The Morgan fingerprint density at radius 2 is 1.19 bits per heavy atom. The lowest BCUT2D eigenvalue weighted by molar-refractivity contribution is -0.162. The molecule has 160 valence electrons. The Morgan fingerprint density at radius 1 is 0.741 bits per heavy atom. The first-order chi connectivity index (χ1) is 13.0. The van der Waals surface area contributed by atoms with E-state index in [1.807, 2.05) is 0 Å². The Labute approximate surface area is 165 Å². The third kappa shape index (κ3) is 16.8. The molecule has 0 heterocycles. The second-order valence-electron chi connectivity index (χ2n) is 7.64. The molecule has 0 aromatic heterocycles. The number of hydrogen-bond donors (Lipinski definition) is 2. The molecule has 2 N–H and O–H groups in total. The number of esters is 1. The van der Waals surface area contributed by atoms with Crippen LogP contribution in [0.3, 0.4) is 0 Å². The maximum absolute atomic E-state index is 12.0. The fraction of sp³-hybridized carbons (Fsp3) is 0.909. The SMILES string of the molecule is CCCCCCCCCC(CC(=O)O)OC(=O)C(O)CCCCCCCC. The number of aliphatic hydroxyl groups excluding tert-OH is 1. The largest absolute Gasteiger partial charge is 0.481 e. The molecule has 0 saturated heterocycles. The molecule has 0 bridgehead atoms. The average molecular weight is 387 g/mol. The normalized spacial score (nSPS) is 13.3. The summed E-state index contributed by atoms with van der Waals surface area (Å²) in [6, 6.07) is 0. The number of carbonyl (C=O) groups is 2. The molecular formula is C22H42O5. The summed E-state index contributed by atoms with van der Waals surface area (Å²) in [4.78, 5) is 23.1. The maximum atomic E-state index is 12.0. The molecule has 2 unspecified atom stereocenters. The van der Waals surface area contributed by atoms with Crippen molar-refractivity contribution in [3.63, 3.8) is 0 Å². The quantitative estimate of drug-likeness (QED) is 0.222. The van der Waals surface area contributed by atoms with Crippen molar-refractivity contribution in [2.75, 3.05) is 0 Å². The summed E-state index contributed by atoms with van der Waals surface area (Å²) in [6.45, 7) is 4.35. The highest BCUT2D eigenvalue weighted by atomic mass is 16.6. The van der Waals surface area contributed by atoms with Crippen molar-refractivity contribution in [2.45, 2.75) is 129 Å². The number of carbonyl (C=O) groups excluding carboxylic acids is 1. The third-order valence-electron chi connectivity index (χ3n) is 4.92. The predicted molar refractivity (Wildman–Crippen MR) is 109 cm³/mol. The lowest BCUT2D eigenvalue weighted by Gasteiger charge is -2.18. The van der Waals surface area contributed by atoms with Gasteiger partial charge in [0.05, 0.1) is 6.42 Å². The molecule has 0 radical (unpaired) electrons. The van der Waals surface area contributed by atoms with Crippen LogP contribution in [0.4, 0.5) is 0 Å². The van der Waals surface area contributed by atoms with Crippen LogP contribution in [0.2, 0.25) is 0 Å². The monoisotopic (exact) mass is 386 g/mol. The second kappa shape index (κ2) is 18.3. The Balaban J connectivity index is 4.03. The minimum Gasteiger partial charge on any atom is -0.481 e. The molecule has 0 aromatic rings. The standard InChI is InChI=1S/C22H42O5/c1-3-5-7-9-11-12-14-16-19(18-21(24)25)27-22(26)20(23)17-15-13-10-8-6-4-2/h19-20,23H,3-18H2,1-2H3,(H,24,25). The number of ether oxygens (including phenoxy) is 1. The fourth-order valence-corrected chi connectivity index (χ4v) is 3.21. The Kier molecular flexibility index (Phi) is 17.5. The van der Waals surface area contributed by atoms with Crippen LogP contribution >= 0.6 is 0 Å². The number of aliphatic hydroxyl groups is 1. The van der Waals surface area contributed by atoms with Gasteiger partial charge in [0.2, 0.25) is 0 Å². The van der Waals surface area contributed by atoms with E-state index in [1.54, 1.807) is 0 Å². The van der Waals surface area contributed by atoms with E-state index >= 15 is 0 Å². The Bertz CT molecular complexity index is 370. The van der Waals surface area contributed by atoms with Crippen LogP contribution in [0.1, 0.15) is 117 Å². The van der Waals surface area contributed by atoms with E-state index in [-0.39, 0.29) is 6.42 Å². The van der Waals surface area contributed by atoms with Crippen molar-refractivity contribution < 1.29 is 24.5 Å². The van der Waals surface area contributed by atoms with Gasteiger partial charge in [0.15, 0.2) is 6.10 Å². The number of rotatable bonds is 19. The summed E-state index contributed by atoms with van der Waals surface area (Å²) in [5.74, 6) is -1.64. The molecule has 5 heteroatoms. The zero-order valence-corrected chi connectivity index (χ0v) is 17.6. The first kappa shape index (κ1) is 25.9. The zero-order chi connectivity index (χ0) is 20.3. The third-order valence-corrected chi connectivity index (χ3v) is 4.92. The van der Waals surface area contributed by atoms with Crippen molar-refractivity contribution in [3.8, 4) is 0 Å². The highest BCUT2D eigenvalue weighted by Gasteiger charge is 2.22. The lowest BCUT2D eigenvalue weighted by Crippen LogP contribution is -2.29. The van der Waals surface area contributed by atoms with E-state index in [1.165, 1.54) is 44.9 Å². The Morgan fingerprint density at radius 3 is 1.67 bits per heavy atom. The van der Waals surface area contributed by atoms with Gasteiger partial charge in [0.1, 0.15) is 6.10 Å². The molecule has 5 nitrogen and oxygen atoms in total. The van der Waals surface area contributed by atoms with Gasteiger partial charge in [-0.3, -0.25) is 4.79 Å². The smallest absolute Gasteiger partial charge is 0.335 e. The first-order valence-electron chi connectivity index (χ1n) is 11.1. The molecule has 0 aliphatic heterocycles. The molecule has 0 amide bonds. The number of hydrogen-bond acceptors (Lipinski definition) is 4. The van der Waals surface area contributed by atoms with Crippen LogP contribution in [0.5, 0.6) is 0 Å². The highest BCUT2D eigenvalue weighted by molar-refractivity contribution is 5.75. The van der Waals surface area contributed by atoms with Crippen molar-refractivity contribution >= 4 is 11.9 Å². The topological polar surface area (TPSA) is 83.8 Å². The number of carboxylic acid groups (broad SMARTS) is 1. The molecular weight excluding hydrogens is 344 g/mol. The van der Waals surface area contributed by atoms with Gasteiger partial charge in [-0.15, -0.1) is 0 Å². The molecule has 2 atom stereocenters. The van der Waals surface area contributed by atoms with Gasteiger partial charge in [-0.25, -0.2) is 4.79 Å². The van der Waals surface area contributed by atoms with E-state index < -0.39 is 24.1 Å². The summed E-state index contributed by atoms with van der Waals surface area (Å²) in [6.07, 6.45) is 13.4.